The van der Waals surface area contributed by atoms with E-state index in [9.17, 15) is 34.6 Å². The molecule has 1 N–H and O–H groups in total. The van der Waals surface area contributed by atoms with Crippen molar-refractivity contribution in [2.45, 2.75) is 12.5 Å². The lowest BCUT2D eigenvalue weighted by molar-refractivity contribution is -0.385. The molecule has 1 aliphatic rings. The molecule has 0 radical (unpaired) electrons. The average Bonchev–Trinajstić information content (AvgIpc) is 3.09. The second-order valence-electron chi connectivity index (χ2n) is 7.58. The number of rotatable bonds is 7. The van der Waals surface area contributed by atoms with E-state index >= 15 is 0 Å². The van der Waals surface area contributed by atoms with Gasteiger partial charge < -0.3 is 5.32 Å². The van der Waals surface area contributed by atoms with Crippen LogP contribution in [0.15, 0.2) is 66.7 Å². The van der Waals surface area contributed by atoms with Crippen LogP contribution in [0.2, 0.25) is 5.02 Å². The van der Waals surface area contributed by atoms with Gasteiger partial charge in [-0.05, 0) is 29.8 Å². The van der Waals surface area contributed by atoms with Gasteiger partial charge in [-0.15, -0.1) is 0 Å². The van der Waals surface area contributed by atoms with Gasteiger partial charge in [-0.3, -0.25) is 39.5 Å². The Balaban J connectivity index is 1.69. The number of nitro benzene ring substituents is 2. The maximum Gasteiger partial charge on any atom is 0.289 e. The average molecular weight is 495 g/mol. The number of imide groups is 1. The monoisotopic (exact) mass is 494 g/mol. The fourth-order valence-electron chi connectivity index (χ4n) is 3.73. The predicted molar refractivity (Wildman–Crippen MR) is 124 cm³/mol. The summed E-state index contributed by atoms with van der Waals surface area (Å²) < 4.78 is 0. The Bertz CT molecular complexity index is 1360. The Morgan fingerprint density at radius 1 is 0.914 bits per heavy atom. The molecule has 4 rings (SSSR count). The van der Waals surface area contributed by atoms with Crippen LogP contribution in [0, 0.1) is 20.2 Å². The van der Waals surface area contributed by atoms with Gasteiger partial charge in [0.1, 0.15) is 11.1 Å². The molecule has 12 heteroatoms. The van der Waals surface area contributed by atoms with Crippen LogP contribution in [-0.4, -0.2) is 38.5 Å². The highest BCUT2D eigenvalue weighted by Crippen LogP contribution is 2.29. The number of hydrogen-bond acceptors (Lipinski definition) is 7. The first-order valence-corrected chi connectivity index (χ1v) is 10.5. The van der Waals surface area contributed by atoms with Crippen molar-refractivity contribution in [2.24, 2.45) is 0 Å². The van der Waals surface area contributed by atoms with E-state index in [1.807, 2.05) is 0 Å². The molecule has 0 spiro atoms. The standard InChI is InChI=1S/C23H15ClN4O7/c24-18-10-7-14(12-19(18)28(34)35)25-21(29)20(11-13-5-8-15(9-6-13)27(32)33)26-22(30)16-3-1-2-4-17(16)23(26)31/h1-10,12,20H,11H2,(H,25,29). The van der Waals surface area contributed by atoms with Crippen LogP contribution in [0.1, 0.15) is 26.3 Å². The van der Waals surface area contributed by atoms with Gasteiger partial charge >= 0.3 is 0 Å². The van der Waals surface area contributed by atoms with Crippen LogP contribution in [0.25, 0.3) is 0 Å². The summed E-state index contributed by atoms with van der Waals surface area (Å²) in [5.74, 6) is -2.13. The van der Waals surface area contributed by atoms with Crippen LogP contribution in [0.3, 0.4) is 0 Å². The van der Waals surface area contributed by atoms with Gasteiger partial charge in [0.2, 0.25) is 5.91 Å². The van der Waals surface area contributed by atoms with Crippen LogP contribution < -0.4 is 5.32 Å². The van der Waals surface area contributed by atoms with Crippen molar-refractivity contribution in [1.82, 2.24) is 4.90 Å². The number of amides is 3. The molecule has 35 heavy (non-hydrogen) atoms. The Labute approximate surface area is 202 Å². The van der Waals surface area contributed by atoms with Crippen molar-refractivity contribution in [2.75, 3.05) is 5.32 Å². The molecule has 0 aliphatic carbocycles. The maximum absolute atomic E-state index is 13.3. The van der Waals surface area contributed by atoms with E-state index in [4.69, 9.17) is 11.6 Å². The quantitative estimate of drug-likeness (QED) is 0.296. The summed E-state index contributed by atoms with van der Waals surface area (Å²) in [6.07, 6.45) is -0.148. The number of halogens is 1. The zero-order valence-electron chi connectivity index (χ0n) is 17.7. The number of nitrogens with zero attached hydrogens (tertiary/aromatic N) is 3. The molecule has 0 saturated heterocycles. The van der Waals surface area contributed by atoms with Crippen molar-refractivity contribution in [3.05, 3.63) is 109 Å². The number of hydrogen-bond donors (Lipinski definition) is 1. The third kappa shape index (κ3) is 4.57. The molecular weight excluding hydrogens is 480 g/mol. The topological polar surface area (TPSA) is 153 Å². The number of anilines is 1. The summed E-state index contributed by atoms with van der Waals surface area (Å²) in [6, 6.07) is 13.7. The lowest BCUT2D eigenvalue weighted by Gasteiger charge is -2.25. The molecule has 0 bridgehead atoms. The Morgan fingerprint density at radius 2 is 1.51 bits per heavy atom. The number of non-ortho nitro benzene ring substituents is 1. The van der Waals surface area contributed by atoms with Crippen molar-refractivity contribution >= 4 is 46.4 Å². The van der Waals surface area contributed by atoms with Crippen molar-refractivity contribution in [3.63, 3.8) is 0 Å². The molecule has 0 fully saturated rings. The third-order valence-corrected chi connectivity index (χ3v) is 5.75. The molecule has 1 atom stereocenters. The summed E-state index contributed by atoms with van der Waals surface area (Å²) in [7, 11) is 0. The minimum Gasteiger partial charge on any atom is -0.324 e. The first-order chi connectivity index (χ1) is 16.7. The van der Waals surface area contributed by atoms with E-state index in [2.05, 4.69) is 5.32 Å². The molecule has 1 aliphatic heterocycles. The van der Waals surface area contributed by atoms with Gasteiger partial charge in [-0.25, -0.2) is 0 Å². The number of carbonyl (C=O) groups is 3. The lowest BCUT2D eigenvalue weighted by atomic mass is 10.0. The SMILES string of the molecule is O=C(Nc1ccc(Cl)c([N+](=O)[O-])c1)C(Cc1ccc([N+](=O)[O-])cc1)N1C(=O)c2ccccc2C1=O. The fraction of sp³-hybridized carbons (Fsp3) is 0.0870. The second kappa shape index (κ2) is 9.31. The Hall–Kier alpha value is -4.64. The van der Waals surface area contributed by atoms with Crippen LogP contribution in [0.4, 0.5) is 17.1 Å². The molecular formula is C23H15ClN4O7. The van der Waals surface area contributed by atoms with Gasteiger partial charge in [0.05, 0.1) is 21.0 Å². The molecule has 3 aromatic carbocycles. The summed E-state index contributed by atoms with van der Waals surface area (Å²) in [5, 5.41) is 24.5. The highest BCUT2D eigenvalue weighted by molar-refractivity contribution is 6.32. The van der Waals surface area contributed by atoms with Crippen LogP contribution >= 0.6 is 11.6 Å². The number of carbonyl (C=O) groups excluding carboxylic acids is 3. The molecule has 11 nitrogen and oxygen atoms in total. The molecule has 1 heterocycles. The zero-order valence-corrected chi connectivity index (χ0v) is 18.5. The molecule has 3 amide bonds. The van der Waals surface area contributed by atoms with E-state index in [-0.39, 0.29) is 33.9 Å². The van der Waals surface area contributed by atoms with E-state index in [0.29, 0.717) is 5.56 Å². The summed E-state index contributed by atoms with van der Waals surface area (Å²) >= 11 is 5.83. The zero-order chi connectivity index (χ0) is 25.3. The summed E-state index contributed by atoms with van der Waals surface area (Å²) in [4.78, 5) is 61.1. The van der Waals surface area contributed by atoms with Crippen molar-refractivity contribution < 1.29 is 24.2 Å². The predicted octanol–water partition coefficient (Wildman–Crippen LogP) is 4.00. The number of fused-ring (bicyclic) bond motifs is 1. The highest BCUT2D eigenvalue weighted by atomic mass is 35.5. The van der Waals surface area contributed by atoms with Gasteiger partial charge in [0.15, 0.2) is 0 Å². The molecule has 3 aromatic rings. The summed E-state index contributed by atoms with van der Waals surface area (Å²) in [6.45, 7) is 0. The van der Waals surface area contributed by atoms with Crippen LogP contribution in [-0.2, 0) is 11.2 Å². The second-order valence-corrected chi connectivity index (χ2v) is 7.99. The normalized spacial score (nSPS) is 13.3. The lowest BCUT2D eigenvalue weighted by Crippen LogP contribution is -2.48. The Morgan fingerprint density at radius 3 is 2.06 bits per heavy atom. The van der Waals surface area contributed by atoms with E-state index in [1.54, 1.807) is 12.1 Å². The first-order valence-electron chi connectivity index (χ1n) is 10.1. The van der Waals surface area contributed by atoms with Crippen LogP contribution in [0.5, 0.6) is 0 Å². The van der Waals surface area contributed by atoms with E-state index in [1.165, 1.54) is 48.5 Å². The van der Waals surface area contributed by atoms with Crippen molar-refractivity contribution in [3.8, 4) is 0 Å². The Kier molecular flexibility index (Phi) is 6.26. The number of nitro groups is 2. The minimum atomic E-state index is -1.35. The number of nitrogens with one attached hydrogen (secondary N) is 1. The van der Waals surface area contributed by atoms with Gasteiger partial charge in [0.25, 0.3) is 23.2 Å². The summed E-state index contributed by atoms with van der Waals surface area (Å²) in [5.41, 5.74) is 0.175. The maximum atomic E-state index is 13.3. The largest absolute Gasteiger partial charge is 0.324 e. The molecule has 176 valence electrons. The van der Waals surface area contributed by atoms with E-state index in [0.717, 1.165) is 11.0 Å². The first kappa shape index (κ1) is 23.5. The van der Waals surface area contributed by atoms with E-state index < -0.39 is 39.3 Å². The minimum absolute atomic E-state index is 0.0383. The van der Waals surface area contributed by atoms with Gasteiger partial charge in [0, 0.05) is 30.3 Å². The molecule has 0 aromatic heterocycles. The fourth-order valence-corrected chi connectivity index (χ4v) is 3.91. The van der Waals surface area contributed by atoms with Gasteiger partial charge in [-0.2, -0.15) is 0 Å². The molecule has 0 saturated carbocycles. The highest BCUT2D eigenvalue weighted by Gasteiger charge is 2.42. The third-order valence-electron chi connectivity index (χ3n) is 5.43. The number of benzene rings is 3. The smallest absolute Gasteiger partial charge is 0.289 e. The molecule has 1 unspecified atom stereocenters. The van der Waals surface area contributed by atoms with Crippen molar-refractivity contribution in [1.29, 1.82) is 0 Å². The van der Waals surface area contributed by atoms with Gasteiger partial charge in [-0.1, -0.05) is 35.9 Å².